The summed E-state index contributed by atoms with van der Waals surface area (Å²) in [6.07, 6.45) is 4.71. The minimum atomic E-state index is -1.07. The lowest BCUT2D eigenvalue weighted by molar-refractivity contribution is -0.130. The van der Waals surface area contributed by atoms with Crippen molar-refractivity contribution in [3.05, 3.63) is 84.2 Å². The fourth-order valence-electron chi connectivity index (χ4n) is 3.21. The molecule has 0 radical (unpaired) electrons. The number of carboxylic acid groups (broad SMARTS) is 1. The van der Waals surface area contributed by atoms with Crippen molar-refractivity contribution >= 4 is 46.1 Å². The number of phenolic OH excluding ortho intramolecular Hbond substituents is 1. The molecule has 0 saturated carbocycles. The van der Waals surface area contributed by atoms with Gasteiger partial charge in [-0.2, -0.15) is 0 Å². The second-order valence-electron chi connectivity index (χ2n) is 6.68. The summed E-state index contributed by atoms with van der Waals surface area (Å²) < 4.78 is 0. The summed E-state index contributed by atoms with van der Waals surface area (Å²) in [6.45, 7) is 0. The van der Waals surface area contributed by atoms with Gasteiger partial charge in [0.15, 0.2) is 0 Å². The number of nitrogens with one attached hydrogen (secondary N) is 3. The Morgan fingerprint density at radius 3 is 2.55 bits per heavy atom. The third-order valence-electron chi connectivity index (χ3n) is 4.57. The van der Waals surface area contributed by atoms with Gasteiger partial charge in [-0.3, -0.25) is 0 Å². The first kappa shape index (κ1) is 19.7. The van der Waals surface area contributed by atoms with Crippen LogP contribution in [0.25, 0.3) is 22.7 Å². The Kier molecular flexibility index (Phi) is 5.35. The van der Waals surface area contributed by atoms with Gasteiger partial charge in [-0.15, -0.1) is 0 Å². The van der Waals surface area contributed by atoms with Gasteiger partial charge in [0.05, 0.1) is 11.3 Å². The van der Waals surface area contributed by atoms with Gasteiger partial charge >= 0.3 is 12.0 Å². The van der Waals surface area contributed by atoms with Crippen LogP contribution < -0.4 is 10.6 Å². The number of fused-ring (bicyclic) bond motifs is 1. The van der Waals surface area contributed by atoms with Crippen molar-refractivity contribution in [3.8, 4) is 5.75 Å². The van der Waals surface area contributed by atoms with Crippen LogP contribution in [-0.4, -0.2) is 32.2 Å². The molecule has 0 aliphatic rings. The number of hydrogen-bond acceptors (Lipinski definition) is 4. The van der Waals surface area contributed by atoms with Crippen LogP contribution >= 0.6 is 0 Å². The molecule has 0 fully saturated rings. The highest BCUT2D eigenvalue weighted by Gasteiger charge is 2.15. The lowest BCUT2D eigenvalue weighted by Gasteiger charge is -2.10. The lowest BCUT2D eigenvalue weighted by atomic mass is 10.0. The van der Waals surface area contributed by atoms with Crippen molar-refractivity contribution in [2.45, 2.75) is 0 Å². The number of aromatic amines is 1. The zero-order valence-corrected chi connectivity index (χ0v) is 16.2. The molecule has 31 heavy (non-hydrogen) atoms. The number of rotatable bonds is 5. The Labute approximate surface area is 176 Å². The summed E-state index contributed by atoms with van der Waals surface area (Å²) in [4.78, 5) is 31.6. The number of H-pyrrole nitrogens is 1. The molecule has 2 heterocycles. The van der Waals surface area contributed by atoms with Crippen molar-refractivity contribution in [2.75, 3.05) is 10.6 Å². The summed E-state index contributed by atoms with van der Waals surface area (Å²) in [5.41, 5.74) is 2.61. The van der Waals surface area contributed by atoms with Crippen molar-refractivity contribution in [3.63, 3.8) is 0 Å². The van der Waals surface area contributed by atoms with Crippen molar-refractivity contribution in [1.82, 2.24) is 9.97 Å². The van der Waals surface area contributed by atoms with Gasteiger partial charge < -0.3 is 25.8 Å². The van der Waals surface area contributed by atoms with Gasteiger partial charge in [0.1, 0.15) is 11.4 Å². The summed E-state index contributed by atoms with van der Waals surface area (Å²) in [5.74, 6) is -1.04. The molecule has 0 aliphatic heterocycles. The van der Waals surface area contributed by atoms with E-state index in [-0.39, 0.29) is 11.3 Å². The second kappa shape index (κ2) is 8.42. The maximum atomic E-state index is 12.5. The van der Waals surface area contributed by atoms with Gasteiger partial charge in [-0.1, -0.05) is 36.4 Å². The van der Waals surface area contributed by atoms with E-state index in [0.717, 1.165) is 0 Å². The highest BCUT2D eigenvalue weighted by Crippen LogP contribution is 2.29. The zero-order valence-electron chi connectivity index (χ0n) is 16.2. The normalized spacial score (nSPS) is 11.3. The monoisotopic (exact) mass is 414 g/mol. The number of pyridine rings is 1. The molecule has 8 nitrogen and oxygen atoms in total. The molecule has 2 aromatic heterocycles. The van der Waals surface area contributed by atoms with Crippen molar-refractivity contribution in [1.29, 1.82) is 0 Å². The van der Waals surface area contributed by atoms with Crippen LogP contribution in [0.4, 0.5) is 16.2 Å². The molecular weight excluding hydrogens is 396 g/mol. The number of phenols is 1. The highest BCUT2D eigenvalue weighted by molar-refractivity contribution is 6.22. The van der Waals surface area contributed by atoms with E-state index in [1.54, 1.807) is 48.7 Å². The quantitative estimate of drug-likeness (QED) is 0.306. The molecule has 4 rings (SSSR count). The van der Waals surface area contributed by atoms with Gasteiger partial charge in [-0.05, 0) is 29.8 Å². The summed E-state index contributed by atoms with van der Waals surface area (Å²) in [5, 5.41) is 25.2. The third kappa shape index (κ3) is 4.38. The van der Waals surface area contributed by atoms with E-state index in [0.29, 0.717) is 33.5 Å². The predicted octanol–water partition coefficient (Wildman–Crippen LogP) is 4.54. The Hall–Kier alpha value is -4.59. The number of carboxylic acids is 1. The Balaban J connectivity index is 1.69. The molecule has 0 atom stereocenters. The molecule has 4 aromatic rings. The molecule has 0 unspecified atom stereocenters. The van der Waals surface area contributed by atoms with E-state index >= 15 is 0 Å². The molecule has 154 valence electrons. The first-order valence-electron chi connectivity index (χ1n) is 9.35. The number of benzene rings is 2. The third-order valence-corrected chi connectivity index (χ3v) is 4.57. The van der Waals surface area contributed by atoms with E-state index in [9.17, 15) is 19.8 Å². The van der Waals surface area contributed by atoms with Crippen LogP contribution in [0.2, 0.25) is 0 Å². The van der Waals surface area contributed by atoms with Crippen molar-refractivity contribution < 1.29 is 19.8 Å². The number of nitrogens with zero attached hydrogens (tertiary/aromatic N) is 1. The van der Waals surface area contributed by atoms with Crippen LogP contribution in [-0.2, 0) is 4.79 Å². The smallest absolute Gasteiger partial charge is 0.336 e. The Bertz CT molecular complexity index is 1300. The van der Waals surface area contributed by atoms with Gasteiger partial charge in [0, 0.05) is 35.1 Å². The number of urea groups is 1. The van der Waals surface area contributed by atoms with Crippen LogP contribution in [0.1, 0.15) is 11.1 Å². The minimum Gasteiger partial charge on any atom is -0.508 e. The molecule has 2 amide bonds. The number of aliphatic carboxylic acids is 1. The number of amides is 2. The minimum absolute atomic E-state index is 0.0317. The van der Waals surface area contributed by atoms with E-state index in [4.69, 9.17) is 0 Å². The number of carbonyl (C=O) groups excluding carboxylic acids is 1. The predicted molar refractivity (Wildman–Crippen MR) is 119 cm³/mol. The second-order valence-corrected chi connectivity index (χ2v) is 6.68. The van der Waals surface area contributed by atoms with Crippen LogP contribution in [0, 0.1) is 0 Å². The molecular formula is C23H18N4O4. The average molecular weight is 414 g/mol. The fourth-order valence-corrected chi connectivity index (χ4v) is 3.21. The number of aromatic nitrogens is 2. The SMILES string of the molecule is O=C(Nc1cccc(O)c1)Nc1ccnc2[nH]cc(C=C(C(=O)O)c3ccccc3)c12. The topological polar surface area (TPSA) is 127 Å². The van der Waals surface area contributed by atoms with Crippen molar-refractivity contribution in [2.24, 2.45) is 0 Å². The molecule has 2 aromatic carbocycles. The average Bonchev–Trinajstić information content (AvgIpc) is 3.16. The summed E-state index contributed by atoms with van der Waals surface area (Å²) >= 11 is 0. The first-order chi connectivity index (χ1) is 15.0. The largest absolute Gasteiger partial charge is 0.508 e. The maximum absolute atomic E-state index is 12.5. The molecule has 0 bridgehead atoms. The summed E-state index contributed by atoms with van der Waals surface area (Å²) in [7, 11) is 0. The zero-order chi connectivity index (χ0) is 21.8. The first-order valence-corrected chi connectivity index (χ1v) is 9.35. The molecule has 0 saturated heterocycles. The lowest BCUT2D eigenvalue weighted by Crippen LogP contribution is -2.19. The van der Waals surface area contributed by atoms with E-state index in [2.05, 4.69) is 20.6 Å². The number of aromatic hydroxyl groups is 1. The van der Waals surface area contributed by atoms with Gasteiger partial charge in [0.25, 0.3) is 0 Å². The van der Waals surface area contributed by atoms with E-state index < -0.39 is 12.0 Å². The van der Waals surface area contributed by atoms with Crippen LogP contribution in [0.15, 0.2) is 73.1 Å². The maximum Gasteiger partial charge on any atom is 0.336 e. The van der Waals surface area contributed by atoms with Gasteiger partial charge in [-0.25, -0.2) is 14.6 Å². The van der Waals surface area contributed by atoms with Gasteiger partial charge in [0.2, 0.25) is 0 Å². The molecule has 0 aliphatic carbocycles. The highest BCUT2D eigenvalue weighted by atomic mass is 16.4. The Morgan fingerprint density at radius 1 is 1.00 bits per heavy atom. The molecule has 0 spiro atoms. The Morgan fingerprint density at radius 2 is 1.81 bits per heavy atom. The van der Waals surface area contributed by atoms with Crippen LogP contribution in [0.5, 0.6) is 5.75 Å². The standard InChI is InChI=1S/C23H18N4O4/c28-17-8-4-7-16(12-17)26-23(31)27-19-9-10-24-21-20(19)15(13-25-21)11-18(22(29)30)14-5-2-1-3-6-14/h1-13,28H,(H,29,30)(H3,24,25,26,27,31). The van der Waals surface area contributed by atoms with Crippen LogP contribution in [0.3, 0.4) is 0 Å². The van der Waals surface area contributed by atoms with E-state index in [1.807, 2.05) is 6.07 Å². The number of anilines is 2. The molecule has 8 heteroatoms. The molecule has 5 N–H and O–H groups in total. The number of hydrogen-bond donors (Lipinski definition) is 5. The summed E-state index contributed by atoms with van der Waals surface area (Å²) in [6, 6.07) is 16.1. The van der Waals surface area contributed by atoms with E-state index in [1.165, 1.54) is 24.4 Å². The number of carbonyl (C=O) groups is 2. The fraction of sp³-hybridized carbons (Fsp3) is 0.